The first kappa shape index (κ1) is 21.5. The van der Waals surface area contributed by atoms with E-state index in [9.17, 15) is 5.11 Å². The molecule has 0 saturated carbocycles. The fraction of sp³-hybridized carbons (Fsp3) is 0.667. The summed E-state index contributed by atoms with van der Waals surface area (Å²) in [6.07, 6.45) is 0.743. The fourth-order valence-corrected chi connectivity index (χ4v) is 3.27. The normalized spacial score (nSPS) is 19.3. The second kappa shape index (κ2) is 11.1. The quantitative estimate of drug-likeness (QED) is 0.456. The van der Waals surface area contributed by atoms with Gasteiger partial charge in [0.15, 0.2) is 5.96 Å². The van der Waals surface area contributed by atoms with Gasteiger partial charge in [-0.3, -0.25) is 4.99 Å². The zero-order valence-electron chi connectivity index (χ0n) is 17.2. The van der Waals surface area contributed by atoms with Crippen molar-refractivity contribution in [2.75, 3.05) is 39.3 Å². The average molecular weight is 377 g/mol. The molecular formula is C21H36N4O2. The van der Waals surface area contributed by atoms with Crippen molar-refractivity contribution in [2.24, 2.45) is 10.9 Å². The molecule has 27 heavy (non-hydrogen) atoms. The van der Waals surface area contributed by atoms with Crippen LogP contribution in [-0.4, -0.2) is 61.3 Å². The number of hydrogen-bond donors (Lipinski definition) is 3. The van der Waals surface area contributed by atoms with E-state index in [1.165, 1.54) is 13.0 Å². The van der Waals surface area contributed by atoms with E-state index in [-0.39, 0.29) is 6.10 Å². The highest BCUT2D eigenvalue weighted by Gasteiger charge is 2.21. The van der Waals surface area contributed by atoms with Crippen molar-refractivity contribution in [3.05, 3.63) is 29.8 Å². The van der Waals surface area contributed by atoms with Gasteiger partial charge in [0.05, 0.1) is 18.8 Å². The number of aliphatic imine (C=N–C) groups is 1. The van der Waals surface area contributed by atoms with Gasteiger partial charge in [0.2, 0.25) is 0 Å². The van der Waals surface area contributed by atoms with Crippen LogP contribution in [0.4, 0.5) is 0 Å². The third-order valence-corrected chi connectivity index (χ3v) is 4.78. The van der Waals surface area contributed by atoms with Gasteiger partial charge >= 0.3 is 0 Å². The first-order valence-corrected chi connectivity index (χ1v) is 10.2. The van der Waals surface area contributed by atoms with Gasteiger partial charge in [0.1, 0.15) is 5.75 Å². The summed E-state index contributed by atoms with van der Waals surface area (Å²) >= 11 is 0. The lowest BCUT2D eigenvalue weighted by Crippen LogP contribution is -2.40. The molecule has 1 heterocycles. The molecule has 1 aliphatic rings. The van der Waals surface area contributed by atoms with E-state index in [4.69, 9.17) is 4.74 Å². The summed E-state index contributed by atoms with van der Waals surface area (Å²) < 4.78 is 5.64. The molecule has 2 atom stereocenters. The fourth-order valence-electron chi connectivity index (χ4n) is 3.27. The van der Waals surface area contributed by atoms with E-state index >= 15 is 0 Å². The van der Waals surface area contributed by atoms with Crippen molar-refractivity contribution in [1.82, 2.24) is 15.5 Å². The molecule has 0 aromatic heterocycles. The van der Waals surface area contributed by atoms with Crippen LogP contribution in [0.2, 0.25) is 0 Å². The van der Waals surface area contributed by atoms with Crippen LogP contribution in [0.25, 0.3) is 0 Å². The average Bonchev–Trinajstić information content (AvgIpc) is 3.12. The topological polar surface area (TPSA) is 69.1 Å². The second-order valence-electron chi connectivity index (χ2n) is 7.40. The predicted octanol–water partition coefficient (Wildman–Crippen LogP) is 2.40. The largest absolute Gasteiger partial charge is 0.491 e. The van der Waals surface area contributed by atoms with Crippen LogP contribution in [0.5, 0.6) is 5.75 Å². The Balaban J connectivity index is 1.85. The first-order chi connectivity index (χ1) is 13.0. The maximum absolute atomic E-state index is 10.4. The van der Waals surface area contributed by atoms with Gasteiger partial charge in [-0.25, -0.2) is 0 Å². The lowest BCUT2D eigenvalue weighted by atomic mass is 10.1. The summed E-state index contributed by atoms with van der Waals surface area (Å²) in [5, 5.41) is 17.1. The molecule has 0 amide bonds. The number of ether oxygens (including phenoxy) is 1. The van der Waals surface area contributed by atoms with Gasteiger partial charge in [0, 0.05) is 19.6 Å². The molecule has 1 fully saturated rings. The summed E-state index contributed by atoms with van der Waals surface area (Å²) in [4.78, 5) is 7.04. The molecular weight excluding hydrogens is 340 g/mol. The summed E-state index contributed by atoms with van der Waals surface area (Å²) in [6.45, 7) is 13.8. The number of aliphatic hydroxyl groups is 1. The molecule has 0 aliphatic carbocycles. The van der Waals surface area contributed by atoms with Crippen molar-refractivity contribution in [2.45, 2.75) is 46.3 Å². The molecule has 1 aromatic rings. The molecule has 1 saturated heterocycles. The minimum absolute atomic E-state index is 0.142. The Kier molecular flexibility index (Phi) is 8.88. The van der Waals surface area contributed by atoms with E-state index in [1.54, 1.807) is 0 Å². The zero-order valence-corrected chi connectivity index (χ0v) is 17.2. The number of aliphatic hydroxyl groups excluding tert-OH is 1. The van der Waals surface area contributed by atoms with Gasteiger partial charge in [0.25, 0.3) is 0 Å². The molecule has 2 unspecified atom stereocenters. The lowest BCUT2D eigenvalue weighted by Gasteiger charge is -2.17. The Hall–Kier alpha value is -1.79. The summed E-state index contributed by atoms with van der Waals surface area (Å²) in [5.41, 5.74) is 0.847. The van der Waals surface area contributed by atoms with Crippen LogP contribution in [0.3, 0.4) is 0 Å². The highest BCUT2D eigenvalue weighted by molar-refractivity contribution is 5.79. The predicted molar refractivity (Wildman–Crippen MR) is 111 cm³/mol. The third kappa shape index (κ3) is 7.39. The molecule has 6 nitrogen and oxygen atoms in total. The Bertz CT molecular complexity index is 574. The minimum atomic E-state index is -0.629. The first-order valence-electron chi connectivity index (χ1n) is 10.2. The Labute approximate surface area is 164 Å². The van der Waals surface area contributed by atoms with E-state index in [2.05, 4.69) is 34.4 Å². The van der Waals surface area contributed by atoms with Crippen LogP contribution >= 0.6 is 0 Å². The Morgan fingerprint density at radius 2 is 2.00 bits per heavy atom. The number of guanidine groups is 1. The van der Waals surface area contributed by atoms with Crippen molar-refractivity contribution >= 4 is 5.96 Å². The van der Waals surface area contributed by atoms with E-state index in [1.807, 2.05) is 38.1 Å². The summed E-state index contributed by atoms with van der Waals surface area (Å²) in [6, 6.07) is 7.59. The molecule has 0 spiro atoms. The van der Waals surface area contributed by atoms with Gasteiger partial charge in [-0.2, -0.15) is 0 Å². The number of rotatable bonds is 9. The van der Waals surface area contributed by atoms with Crippen molar-refractivity contribution in [3.8, 4) is 5.75 Å². The maximum Gasteiger partial charge on any atom is 0.191 e. The highest BCUT2D eigenvalue weighted by Crippen LogP contribution is 2.19. The smallest absolute Gasteiger partial charge is 0.191 e. The summed E-state index contributed by atoms with van der Waals surface area (Å²) in [5.74, 6) is 2.25. The number of benzene rings is 1. The third-order valence-electron chi connectivity index (χ3n) is 4.78. The molecule has 2 rings (SSSR count). The monoisotopic (exact) mass is 376 g/mol. The summed E-state index contributed by atoms with van der Waals surface area (Å²) in [7, 11) is 0. The number of nitrogens with zero attached hydrogens (tertiary/aromatic N) is 2. The van der Waals surface area contributed by atoms with Gasteiger partial charge in [-0.15, -0.1) is 0 Å². The molecule has 1 aliphatic heterocycles. The molecule has 152 valence electrons. The lowest BCUT2D eigenvalue weighted by molar-refractivity contribution is 0.186. The van der Waals surface area contributed by atoms with E-state index < -0.39 is 6.10 Å². The van der Waals surface area contributed by atoms with Crippen molar-refractivity contribution < 1.29 is 9.84 Å². The van der Waals surface area contributed by atoms with E-state index in [0.29, 0.717) is 12.5 Å². The standard InChI is InChI=1S/C21H36N4O2/c1-5-22-21(23-13-17-11-12-25(6-2)15-17)24-14-20(26)18-7-9-19(10-8-18)27-16(3)4/h7-10,16-17,20,26H,5-6,11-15H2,1-4H3,(H2,22,23,24). The van der Waals surface area contributed by atoms with Crippen LogP contribution < -0.4 is 15.4 Å². The molecule has 0 bridgehead atoms. The van der Waals surface area contributed by atoms with Crippen LogP contribution in [0.1, 0.15) is 45.8 Å². The Morgan fingerprint density at radius 3 is 2.59 bits per heavy atom. The van der Waals surface area contributed by atoms with E-state index in [0.717, 1.165) is 43.5 Å². The molecule has 0 radical (unpaired) electrons. The van der Waals surface area contributed by atoms with Gasteiger partial charge in [-0.05, 0) is 63.9 Å². The minimum Gasteiger partial charge on any atom is -0.491 e. The molecule has 3 N–H and O–H groups in total. The van der Waals surface area contributed by atoms with Gasteiger partial charge in [-0.1, -0.05) is 19.1 Å². The maximum atomic E-state index is 10.4. The number of hydrogen-bond acceptors (Lipinski definition) is 4. The zero-order chi connectivity index (χ0) is 19.6. The number of likely N-dealkylation sites (tertiary alicyclic amines) is 1. The highest BCUT2D eigenvalue weighted by atomic mass is 16.5. The second-order valence-corrected chi connectivity index (χ2v) is 7.40. The van der Waals surface area contributed by atoms with Crippen molar-refractivity contribution in [1.29, 1.82) is 0 Å². The van der Waals surface area contributed by atoms with Crippen LogP contribution in [0.15, 0.2) is 29.3 Å². The van der Waals surface area contributed by atoms with Crippen LogP contribution in [0, 0.1) is 5.92 Å². The van der Waals surface area contributed by atoms with Crippen molar-refractivity contribution in [3.63, 3.8) is 0 Å². The molecule has 1 aromatic carbocycles. The molecule has 6 heteroatoms. The Morgan fingerprint density at radius 1 is 1.26 bits per heavy atom. The number of nitrogens with one attached hydrogen (secondary N) is 2. The van der Waals surface area contributed by atoms with Crippen LogP contribution in [-0.2, 0) is 0 Å². The SMILES string of the molecule is CCNC(=NCC(O)c1ccc(OC(C)C)cc1)NCC1CCN(CC)C1. The van der Waals surface area contributed by atoms with Gasteiger partial charge < -0.3 is 25.4 Å².